The second-order valence-electron chi connectivity index (χ2n) is 9.40. The number of H-pyrrole nitrogens is 1. The summed E-state index contributed by atoms with van der Waals surface area (Å²) in [5.41, 5.74) is 3.81. The average molecular weight is 542 g/mol. The minimum atomic E-state index is -0.332. The van der Waals surface area contributed by atoms with Crippen LogP contribution in [0.3, 0.4) is 0 Å². The number of aryl methyl sites for hydroxylation is 1. The van der Waals surface area contributed by atoms with Gasteiger partial charge in [-0.2, -0.15) is 0 Å². The fourth-order valence-electron chi connectivity index (χ4n) is 4.42. The second-order valence-corrected chi connectivity index (χ2v) is 9.40. The van der Waals surface area contributed by atoms with Gasteiger partial charge in [-0.3, -0.25) is 19.3 Å². The SMILES string of the molecule is COC(=O)CCc1ccccc1N(CC(=O)NCCCCCNc1nc2ccccc2[nH]1)C(=O)c1ccccc1. The molecule has 0 saturated carbocycles. The molecule has 0 radical (unpaired) electrons. The van der Waals surface area contributed by atoms with Crippen LogP contribution in [-0.2, 0) is 20.7 Å². The molecule has 1 heterocycles. The number of esters is 1. The van der Waals surface area contributed by atoms with E-state index in [9.17, 15) is 14.4 Å². The van der Waals surface area contributed by atoms with Crippen molar-refractivity contribution in [3.63, 3.8) is 0 Å². The summed E-state index contributed by atoms with van der Waals surface area (Å²) in [5.74, 6) is -0.101. The fourth-order valence-corrected chi connectivity index (χ4v) is 4.42. The summed E-state index contributed by atoms with van der Waals surface area (Å²) in [4.78, 5) is 47.4. The third kappa shape index (κ3) is 7.92. The molecule has 1 aromatic heterocycles. The molecule has 0 spiro atoms. The molecule has 3 aromatic carbocycles. The zero-order valence-electron chi connectivity index (χ0n) is 22.7. The summed E-state index contributed by atoms with van der Waals surface area (Å²) in [7, 11) is 1.35. The number of imidazole rings is 1. The first kappa shape index (κ1) is 28.4. The first-order valence-electron chi connectivity index (χ1n) is 13.5. The Morgan fingerprint density at radius 1 is 0.875 bits per heavy atom. The fraction of sp³-hybridized carbons (Fsp3) is 0.290. The highest BCUT2D eigenvalue weighted by atomic mass is 16.5. The van der Waals surface area contributed by atoms with Crippen molar-refractivity contribution in [1.29, 1.82) is 0 Å². The number of nitrogens with one attached hydrogen (secondary N) is 3. The summed E-state index contributed by atoms with van der Waals surface area (Å²) >= 11 is 0. The number of unbranched alkanes of at least 4 members (excludes halogenated alkanes) is 2. The van der Waals surface area contributed by atoms with Gasteiger partial charge in [-0.05, 0) is 61.6 Å². The normalized spacial score (nSPS) is 10.7. The van der Waals surface area contributed by atoms with E-state index in [0.29, 0.717) is 24.2 Å². The van der Waals surface area contributed by atoms with E-state index in [-0.39, 0.29) is 30.7 Å². The highest BCUT2D eigenvalue weighted by Gasteiger charge is 2.23. The van der Waals surface area contributed by atoms with Gasteiger partial charge in [-0.1, -0.05) is 48.5 Å². The Kier molecular flexibility index (Phi) is 10.3. The van der Waals surface area contributed by atoms with E-state index in [1.54, 1.807) is 30.3 Å². The number of amides is 2. The number of hydrogen-bond donors (Lipinski definition) is 3. The number of rotatable bonds is 14. The molecule has 0 saturated heterocycles. The Labute approximate surface area is 233 Å². The third-order valence-electron chi connectivity index (χ3n) is 6.53. The van der Waals surface area contributed by atoms with Crippen LogP contribution in [-0.4, -0.2) is 54.5 Å². The lowest BCUT2D eigenvalue weighted by Crippen LogP contribution is -2.41. The molecule has 0 fully saturated rings. The Morgan fingerprint density at radius 3 is 2.40 bits per heavy atom. The molecule has 0 aliphatic rings. The van der Waals surface area contributed by atoms with Gasteiger partial charge in [0.15, 0.2) is 0 Å². The van der Waals surface area contributed by atoms with Crippen LogP contribution in [0, 0.1) is 0 Å². The minimum Gasteiger partial charge on any atom is -0.469 e. The number of ether oxygens (including phenoxy) is 1. The molecule has 208 valence electrons. The molecule has 0 unspecified atom stereocenters. The quantitative estimate of drug-likeness (QED) is 0.157. The molecule has 0 bridgehead atoms. The number of anilines is 2. The molecule has 0 aliphatic heterocycles. The number of methoxy groups -OCH3 is 1. The lowest BCUT2D eigenvalue weighted by Gasteiger charge is -2.25. The van der Waals surface area contributed by atoms with Crippen LogP contribution in [0.2, 0.25) is 0 Å². The molecule has 40 heavy (non-hydrogen) atoms. The zero-order valence-corrected chi connectivity index (χ0v) is 22.7. The van der Waals surface area contributed by atoms with E-state index < -0.39 is 0 Å². The summed E-state index contributed by atoms with van der Waals surface area (Å²) < 4.78 is 4.78. The van der Waals surface area contributed by atoms with Crippen LogP contribution >= 0.6 is 0 Å². The highest BCUT2D eigenvalue weighted by molar-refractivity contribution is 6.09. The number of carbonyl (C=O) groups excluding carboxylic acids is 3. The zero-order chi connectivity index (χ0) is 28.2. The maximum Gasteiger partial charge on any atom is 0.305 e. The van der Waals surface area contributed by atoms with Gasteiger partial charge in [0.25, 0.3) is 5.91 Å². The van der Waals surface area contributed by atoms with Crippen molar-refractivity contribution in [2.24, 2.45) is 0 Å². The molecule has 0 aliphatic carbocycles. The van der Waals surface area contributed by atoms with Crippen LogP contribution < -0.4 is 15.5 Å². The van der Waals surface area contributed by atoms with Crippen molar-refractivity contribution in [2.45, 2.75) is 32.1 Å². The Bertz CT molecular complexity index is 1390. The van der Waals surface area contributed by atoms with E-state index in [4.69, 9.17) is 4.74 Å². The molecule has 0 atom stereocenters. The topological polar surface area (TPSA) is 116 Å². The van der Waals surface area contributed by atoms with E-state index >= 15 is 0 Å². The minimum absolute atomic E-state index is 0.128. The summed E-state index contributed by atoms with van der Waals surface area (Å²) in [6, 6.07) is 24.1. The predicted octanol–water partition coefficient (Wildman–Crippen LogP) is 4.71. The molecule has 4 rings (SSSR count). The van der Waals surface area contributed by atoms with Crippen molar-refractivity contribution in [3.05, 3.63) is 90.0 Å². The van der Waals surface area contributed by atoms with Gasteiger partial charge in [0.2, 0.25) is 11.9 Å². The van der Waals surface area contributed by atoms with Crippen LogP contribution in [0.5, 0.6) is 0 Å². The number of fused-ring (bicyclic) bond motifs is 1. The number of aromatic nitrogens is 2. The summed E-state index contributed by atoms with van der Waals surface area (Å²) in [5, 5.41) is 6.25. The average Bonchev–Trinajstić information content (AvgIpc) is 3.41. The molecular weight excluding hydrogens is 506 g/mol. The maximum atomic E-state index is 13.5. The second kappa shape index (κ2) is 14.5. The van der Waals surface area contributed by atoms with Gasteiger partial charge in [-0.15, -0.1) is 0 Å². The van der Waals surface area contributed by atoms with Gasteiger partial charge >= 0.3 is 5.97 Å². The van der Waals surface area contributed by atoms with Crippen molar-refractivity contribution < 1.29 is 19.1 Å². The monoisotopic (exact) mass is 541 g/mol. The number of benzene rings is 3. The number of nitrogens with zero attached hydrogens (tertiary/aromatic N) is 2. The predicted molar refractivity (Wildman–Crippen MR) is 156 cm³/mol. The molecular formula is C31H35N5O4. The van der Waals surface area contributed by atoms with Crippen molar-refractivity contribution in [1.82, 2.24) is 15.3 Å². The summed E-state index contributed by atoms with van der Waals surface area (Å²) in [6.45, 7) is 1.16. The van der Waals surface area contributed by atoms with Crippen LogP contribution in [0.25, 0.3) is 11.0 Å². The largest absolute Gasteiger partial charge is 0.469 e. The molecule has 4 aromatic rings. The van der Waals surface area contributed by atoms with Crippen LogP contribution in [0.4, 0.5) is 11.6 Å². The highest BCUT2D eigenvalue weighted by Crippen LogP contribution is 2.24. The third-order valence-corrected chi connectivity index (χ3v) is 6.53. The van der Waals surface area contributed by atoms with Crippen molar-refractivity contribution in [2.75, 3.05) is 37.0 Å². The summed E-state index contributed by atoms with van der Waals surface area (Å²) in [6.07, 6.45) is 3.24. The van der Waals surface area contributed by atoms with E-state index in [2.05, 4.69) is 20.6 Å². The van der Waals surface area contributed by atoms with Crippen LogP contribution in [0.15, 0.2) is 78.9 Å². The molecule has 3 N–H and O–H groups in total. The first-order valence-corrected chi connectivity index (χ1v) is 13.5. The maximum absolute atomic E-state index is 13.5. The van der Waals surface area contributed by atoms with Gasteiger partial charge < -0.3 is 20.4 Å². The molecule has 9 heteroatoms. The smallest absolute Gasteiger partial charge is 0.305 e. The van der Waals surface area contributed by atoms with Crippen LogP contribution in [0.1, 0.15) is 41.6 Å². The van der Waals surface area contributed by atoms with E-state index in [0.717, 1.165) is 48.4 Å². The van der Waals surface area contributed by atoms with E-state index in [1.165, 1.54) is 12.0 Å². The molecule has 2 amide bonds. The number of para-hydroxylation sites is 3. The Balaban J connectivity index is 1.29. The van der Waals surface area contributed by atoms with Gasteiger partial charge in [-0.25, -0.2) is 4.98 Å². The van der Waals surface area contributed by atoms with Crippen molar-refractivity contribution >= 4 is 40.5 Å². The number of hydrogen-bond acceptors (Lipinski definition) is 6. The number of aromatic amines is 1. The Hall–Kier alpha value is -4.66. The first-order chi connectivity index (χ1) is 19.5. The lowest BCUT2D eigenvalue weighted by atomic mass is 10.1. The standard InChI is InChI=1S/C31H35N5O4/c1-40-29(38)19-18-23-12-6-9-17-27(23)36(30(39)24-13-4-2-5-14-24)22-28(37)32-20-10-3-11-21-33-31-34-25-15-7-8-16-26(25)35-31/h2,4-9,12-17H,3,10-11,18-22H2,1H3,(H,32,37)(H2,33,34,35). The van der Waals surface area contributed by atoms with Gasteiger partial charge in [0, 0.05) is 30.8 Å². The van der Waals surface area contributed by atoms with E-state index in [1.807, 2.05) is 48.5 Å². The molecule has 9 nitrogen and oxygen atoms in total. The van der Waals surface area contributed by atoms with Gasteiger partial charge in [0.05, 0.1) is 18.1 Å². The lowest BCUT2D eigenvalue weighted by molar-refractivity contribution is -0.140. The number of carbonyl (C=O) groups is 3. The van der Waals surface area contributed by atoms with Gasteiger partial charge in [0.1, 0.15) is 6.54 Å². The Morgan fingerprint density at radius 2 is 1.60 bits per heavy atom. The van der Waals surface area contributed by atoms with Crippen molar-refractivity contribution in [3.8, 4) is 0 Å².